The van der Waals surface area contributed by atoms with Gasteiger partial charge in [0.15, 0.2) is 0 Å². The van der Waals surface area contributed by atoms with Crippen LogP contribution in [-0.4, -0.2) is 98.5 Å². The van der Waals surface area contributed by atoms with E-state index in [-0.39, 0.29) is 79.6 Å². The third-order valence-electron chi connectivity index (χ3n) is 25.5. The predicted molar refractivity (Wildman–Crippen MR) is 616 cm³/mol. The molecule has 0 fully saturated rings. The summed E-state index contributed by atoms with van der Waals surface area (Å²) in [5.41, 5.74) is 23.2. The first kappa shape index (κ1) is 133. The van der Waals surface area contributed by atoms with Gasteiger partial charge in [-0.3, -0.25) is 0 Å². The molecule has 18 nitrogen and oxygen atoms in total. The highest BCUT2D eigenvalue weighted by molar-refractivity contribution is 5.95. The van der Waals surface area contributed by atoms with Crippen molar-refractivity contribution in [3.8, 4) is 69.0 Å². The van der Waals surface area contributed by atoms with Crippen LogP contribution in [0.4, 0.5) is 0 Å². The molecule has 147 heavy (non-hydrogen) atoms. The molecule has 0 amide bonds. The van der Waals surface area contributed by atoms with Crippen LogP contribution in [0.2, 0.25) is 0 Å². The van der Waals surface area contributed by atoms with Crippen molar-refractivity contribution in [2.24, 2.45) is 0 Å². The van der Waals surface area contributed by atoms with E-state index in [1.54, 1.807) is 44.6 Å². The number of phenols is 10. The maximum absolute atomic E-state index is 11.7. The fourth-order valence-corrected chi connectivity index (χ4v) is 16.6. The Bertz CT molecular complexity index is 5230. The summed E-state index contributed by atoms with van der Waals surface area (Å²) in [5, 5.41) is 132. The number of carbonyl (C=O) groups is 3. The molecule has 0 aromatic heterocycles. The van der Waals surface area contributed by atoms with Gasteiger partial charge in [0.25, 0.3) is 0 Å². The zero-order valence-electron chi connectivity index (χ0n) is 95.3. The molecule has 0 saturated carbocycles. The highest BCUT2D eigenvalue weighted by atomic mass is 16.5. The topological polar surface area (TPSA) is 333 Å². The normalized spacial score (nSPS) is 11.5. The van der Waals surface area contributed by atoms with E-state index in [1.165, 1.54) is 93.5 Å². The minimum atomic E-state index is -1.15. The van der Waals surface area contributed by atoms with Crippen LogP contribution >= 0.6 is 0 Å². The summed E-state index contributed by atoms with van der Waals surface area (Å²) in [6, 6.07) is 15.9. The number of rotatable bonds is 57. The number of ether oxygens (including phenoxy) is 2. The number of hydrogen-bond donors (Lipinski definition) is 13. The van der Waals surface area contributed by atoms with Crippen LogP contribution in [0.5, 0.6) is 69.0 Å². The lowest BCUT2D eigenvalue weighted by Gasteiger charge is -2.16. The number of aryl methyl sites for hydroxylation is 6. The fraction of sp³-hybridized carbons (Fsp3) is 0.512. The number of benzene rings is 6. The monoisotopic (exact) mass is 2030 g/mol. The number of aromatic carboxylic acids is 3. The van der Waals surface area contributed by atoms with E-state index in [0.717, 1.165) is 213 Å². The molecule has 18 heteroatoms. The summed E-state index contributed by atoms with van der Waals surface area (Å²) in [6.07, 6.45) is 61.5. The van der Waals surface area contributed by atoms with Crippen molar-refractivity contribution in [1.29, 1.82) is 0 Å². The zero-order valence-corrected chi connectivity index (χ0v) is 95.3. The van der Waals surface area contributed by atoms with E-state index >= 15 is 0 Å². The van der Waals surface area contributed by atoms with Gasteiger partial charge in [-0.25, -0.2) is 14.4 Å². The Morgan fingerprint density at radius 1 is 0.231 bits per heavy atom. The van der Waals surface area contributed by atoms with Crippen LogP contribution < -0.4 is 9.47 Å². The number of carboxylic acid groups (broad SMARTS) is 3. The maximum Gasteiger partial charge on any atom is 0.339 e. The second-order valence-corrected chi connectivity index (χ2v) is 40.9. The Labute approximate surface area is 886 Å². The number of allylic oxidation sites excluding steroid dienone is 24. The summed E-state index contributed by atoms with van der Waals surface area (Å²) in [7, 11) is 3.24. The molecule has 0 unspecified atom stereocenters. The summed E-state index contributed by atoms with van der Waals surface area (Å²) in [4.78, 5) is 35.0. The average molecular weight is 2030 g/mol. The largest absolute Gasteiger partial charge is 0.508 e. The molecule has 0 spiro atoms. The molecule has 0 aliphatic heterocycles. The van der Waals surface area contributed by atoms with Crippen LogP contribution in [0, 0.1) is 0 Å². The molecule has 6 aromatic rings. The Morgan fingerprint density at radius 2 is 0.435 bits per heavy atom. The fourth-order valence-electron chi connectivity index (χ4n) is 16.6. The number of phenolic OH excluding ortho intramolecular Hbond substituents is 7. The Kier molecular flexibility index (Phi) is 68.7. The van der Waals surface area contributed by atoms with Crippen molar-refractivity contribution in [2.45, 2.75) is 423 Å². The molecule has 816 valence electrons. The van der Waals surface area contributed by atoms with Crippen molar-refractivity contribution < 1.29 is 90.2 Å². The van der Waals surface area contributed by atoms with E-state index in [9.17, 15) is 80.8 Å². The number of unbranched alkanes of at least 4 members (excludes halogenated alkanes) is 10. The van der Waals surface area contributed by atoms with Gasteiger partial charge in [0.2, 0.25) is 0 Å². The van der Waals surface area contributed by atoms with Crippen LogP contribution in [0.25, 0.3) is 0 Å². The maximum atomic E-state index is 11.7. The smallest absolute Gasteiger partial charge is 0.339 e. The first-order valence-electron chi connectivity index (χ1n) is 54.2. The zero-order chi connectivity index (χ0) is 111. The second-order valence-electron chi connectivity index (χ2n) is 40.9. The van der Waals surface area contributed by atoms with Gasteiger partial charge in [-0.2, -0.15) is 0 Å². The summed E-state index contributed by atoms with van der Waals surface area (Å²) >= 11 is 0. The van der Waals surface area contributed by atoms with E-state index in [2.05, 4.69) is 213 Å². The van der Waals surface area contributed by atoms with Gasteiger partial charge in [0.05, 0.1) is 14.2 Å². The lowest BCUT2D eigenvalue weighted by Crippen LogP contribution is -2.07. The Hall–Kier alpha value is -11.8. The second kappa shape index (κ2) is 75.8. The molecule has 6 aromatic carbocycles. The first-order valence-corrected chi connectivity index (χ1v) is 54.2. The summed E-state index contributed by atoms with van der Waals surface area (Å²) < 4.78 is 11.0. The van der Waals surface area contributed by atoms with Gasteiger partial charge in [-0.05, 0) is 399 Å². The van der Waals surface area contributed by atoms with E-state index in [4.69, 9.17) is 9.47 Å². The van der Waals surface area contributed by atoms with Gasteiger partial charge >= 0.3 is 17.9 Å². The number of hydrogen-bond acceptors (Lipinski definition) is 15. The molecular weight excluding hydrogens is 1840 g/mol. The van der Waals surface area contributed by atoms with Crippen LogP contribution in [0.15, 0.2) is 194 Å². The van der Waals surface area contributed by atoms with Crippen LogP contribution in [-0.2, 0) is 77.0 Å². The van der Waals surface area contributed by atoms with Gasteiger partial charge in [0, 0.05) is 33.4 Å². The summed E-state index contributed by atoms with van der Waals surface area (Å²) in [5.74, 6) is -1.71. The van der Waals surface area contributed by atoms with Crippen molar-refractivity contribution in [1.82, 2.24) is 0 Å². The minimum Gasteiger partial charge on any atom is -0.508 e. The third-order valence-corrected chi connectivity index (χ3v) is 25.5. The van der Waals surface area contributed by atoms with Gasteiger partial charge in [-0.15, -0.1) is 0 Å². The molecule has 0 saturated heterocycles. The molecule has 6 rings (SSSR count). The van der Waals surface area contributed by atoms with Gasteiger partial charge in [0.1, 0.15) is 85.7 Å². The summed E-state index contributed by atoms with van der Waals surface area (Å²) in [6.45, 7) is 50.2. The van der Waals surface area contributed by atoms with Crippen molar-refractivity contribution in [3.05, 3.63) is 278 Å². The number of methoxy groups -OCH3 is 2. The van der Waals surface area contributed by atoms with E-state index < -0.39 is 17.9 Å². The van der Waals surface area contributed by atoms with Crippen LogP contribution in [0.3, 0.4) is 0 Å². The predicted octanol–water partition coefficient (Wildman–Crippen LogP) is 35.3. The highest BCUT2D eigenvalue weighted by Gasteiger charge is 2.26. The molecule has 0 radical (unpaired) electrons. The molecule has 0 aliphatic rings. The van der Waals surface area contributed by atoms with Crippen molar-refractivity contribution in [3.63, 3.8) is 0 Å². The van der Waals surface area contributed by atoms with Crippen molar-refractivity contribution in [2.75, 3.05) is 14.2 Å². The lowest BCUT2D eigenvalue weighted by atomic mass is 9.94. The molecule has 13 N–H and O–H groups in total. The van der Waals surface area contributed by atoms with Gasteiger partial charge < -0.3 is 75.9 Å². The van der Waals surface area contributed by atoms with E-state index in [0.29, 0.717) is 103 Å². The van der Waals surface area contributed by atoms with Gasteiger partial charge in [-0.1, -0.05) is 252 Å². The molecule has 0 bridgehead atoms. The first-order chi connectivity index (χ1) is 69.7. The minimum absolute atomic E-state index is 0.0116. The highest BCUT2D eigenvalue weighted by Crippen LogP contribution is 2.42. The number of aromatic hydroxyl groups is 10. The van der Waals surface area contributed by atoms with Crippen molar-refractivity contribution >= 4 is 17.9 Å². The van der Waals surface area contributed by atoms with E-state index in [1.807, 2.05) is 38.1 Å². The lowest BCUT2D eigenvalue weighted by molar-refractivity contribution is 0.0680. The molecule has 0 heterocycles. The average Bonchev–Trinajstić information content (AvgIpc) is 0.823. The molecular formula is C129H192O18. The Morgan fingerprint density at radius 3 is 0.680 bits per heavy atom. The SMILES string of the molecule is CCCCCc1cc(O)c(C/C=C(\C)CCC=C(C)C)c(O)c1.CCCCCc1cc(O)c(C/C=C(\C)CCC=C(C)C)c(O)c1C(=O)O.CCCCCc1cc(O)c(C/C=C(\C)CCC=C(C)C)c(O)c1C(=O)O.CCCCCc1cc(O)c(C/C=C(\C)CCC=C(C)C)c(OC)c1.CCCCCc1cc(OC)c(C/C=C(\C)CCC=C(C)C)c(O)c1C(=O)O.CCCc1cc(O)c(C/C=C(\C)CCC=C(C)C)c(O)c1. The quantitative estimate of drug-likeness (QED) is 0.0125. The Balaban J connectivity index is 0.000000883. The standard InChI is InChI=1S/C23H34O4.2C22H32O4.C22H34O2.C21H32O2.C19H28O2/c1-6-7-8-12-18-15-20(27-5)19(22(24)21(18)23(25)26)14-13-17(4)11-9-10-16(2)3;2*1-5-6-7-11-17-14-19(23)18(21(24)20(17)22(25)26)13-12-16(4)10-8-9-15(2)3;1-6-7-8-12-19-15-21(23)20(22(16-19)24-5)14-13-18(4)11-9-10-17(2)3;1-5-6-7-11-18-14-20(22)19(21(23)15-18)13-12-17(4)10-8-9-16(2)3;1-5-7-16-12-18(20)17(19(21)13-16)11-10-15(4)9-6-8-14(2)3/h10,13,15,24H,6-9,11-12,14H2,1-5H3,(H,25,26);2*9,12,14,23-24H,5-8,10-11,13H2,1-4H3,(H,25,26);10,13,15-16,23H,6-9,11-12,14H2,1-5H3;9,12,14-15,22-23H,5-8,10-11,13H2,1-4H3;8,10,12-13,20-21H,5-7,9,11H2,1-4H3/b17-13+;2*16-12+;18-13+;17-12+;15-10+. The van der Waals surface area contributed by atoms with Crippen LogP contribution in [0.1, 0.15) is 444 Å². The molecule has 0 atom stereocenters. The molecule has 0 aliphatic carbocycles. The number of carboxylic acids is 3. The third kappa shape index (κ3) is 55.2.